The highest BCUT2D eigenvalue weighted by molar-refractivity contribution is 6.30. The molecular weight excluding hydrogens is 136 g/mol. The van der Waals surface area contributed by atoms with Crippen LogP contribution in [-0.2, 0) is 0 Å². The lowest BCUT2D eigenvalue weighted by Gasteiger charge is -1.96. The minimum atomic E-state index is 0.414. The van der Waals surface area contributed by atoms with Crippen LogP contribution >= 0.6 is 11.6 Å². The highest BCUT2D eigenvalue weighted by atomic mass is 35.5. The molecule has 0 aliphatic rings. The first kappa shape index (κ1) is 8.06. The number of nitrogens with zero attached hydrogens (tertiary/aromatic N) is 2. The Morgan fingerprint density at radius 2 is 2.44 bits per heavy atom. The molecule has 0 amide bonds. The third-order valence-corrected chi connectivity index (χ3v) is 0.763. The van der Waals surface area contributed by atoms with E-state index in [1.54, 1.807) is 13.1 Å². The van der Waals surface area contributed by atoms with E-state index in [9.17, 15) is 0 Å². The Hall–Kier alpha value is -0.940. The van der Waals surface area contributed by atoms with Crippen LogP contribution in [0.1, 0.15) is 0 Å². The lowest BCUT2D eigenvalue weighted by molar-refractivity contribution is 0.648. The summed E-state index contributed by atoms with van der Waals surface area (Å²) in [6.07, 6.45) is 4.95. The maximum Gasteiger partial charge on any atom is 0.183 e. The largest absolute Gasteiger partial charge is 0.290 e. The predicted molar refractivity (Wildman–Crippen MR) is 37.5 cm³/mol. The third kappa shape index (κ3) is 4.92. The molecule has 0 unspecified atom stereocenters. The molecule has 0 aliphatic carbocycles. The molecular formula is C6H7ClN2. The lowest BCUT2D eigenvalue weighted by atomic mass is 10.6. The smallest absolute Gasteiger partial charge is 0.183 e. The van der Waals surface area contributed by atoms with Gasteiger partial charge in [0, 0.05) is 18.3 Å². The van der Waals surface area contributed by atoms with Crippen molar-refractivity contribution < 1.29 is 0 Å². The Labute approximate surface area is 59.6 Å². The summed E-state index contributed by atoms with van der Waals surface area (Å²) in [5, 5.41) is 8.61. The maximum atomic E-state index is 8.20. The fourth-order valence-electron chi connectivity index (χ4n) is 0.226. The number of allylic oxidation sites excluding steroid dienone is 2. The van der Waals surface area contributed by atoms with E-state index >= 15 is 0 Å². The zero-order valence-corrected chi connectivity index (χ0v) is 5.89. The molecule has 0 aromatic carbocycles. The minimum absolute atomic E-state index is 0.414. The first-order valence-electron chi connectivity index (χ1n) is 2.32. The standard InChI is InChI=1S/C6H7ClN2/c1-6(7)3-4-9(2)5-8/h3-4H,1H2,2H3/b4-3-. The van der Waals surface area contributed by atoms with Crippen LogP contribution in [0.3, 0.4) is 0 Å². The Morgan fingerprint density at radius 3 is 2.78 bits per heavy atom. The maximum absolute atomic E-state index is 8.20. The molecule has 48 valence electrons. The van der Waals surface area contributed by atoms with Crippen molar-refractivity contribution in [3.63, 3.8) is 0 Å². The van der Waals surface area contributed by atoms with Gasteiger partial charge in [0.2, 0.25) is 0 Å². The molecule has 0 N–H and O–H groups in total. The average molecular weight is 143 g/mol. The molecule has 0 saturated heterocycles. The van der Waals surface area contributed by atoms with Gasteiger partial charge in [-0.25, -0.2) is 0 Å². The van der Waals surface area contributed by atoms with Crippen molar-refractivity contribution in [2.75, 3.05) is 7.05 Å². The molecule has 0 atom stereocenters. The van der Waals surface area contributed by atoms with Crippen LogP contribution in [0.5, 0.6) is 0 Å². The monoisotopic (exact) mass is 142 g/mol. The normalized spacial score (nSPS) is 9.00. The molecule has 0 saturated carbocycles. The van der Waals surface area contributed by atoms with E-state index in [4.69, 9.17) is 16.9 Å². The summed E-state index contributed by atoms with van der Waals surface area (Å²) >= 11 is 5.36. The summed E-state index contributed by atoms with van der Waals surface area (Å²) < 4.78 is 0. The number of nitriles is 1. The Balaban J connectivity index is 3.74. The number of rotatable bonds is 2. The van der Waals surface area contributed by atoms with Crippen LogP contribution in [0.4, 0.5) is 0 Å². The molecule has 0 aromatic rings. The molecule has 0 fully saturated rings. The van der Waals surface area contributed by atoms with Gasteiger partial charge in [0.05, 0.1) is 0 Å². The van der Waals surface area contributed by atoms with Gasteiger partial charge in [-0.2, -0.15) is 5.26 Å². The van der Waals surface area contributed by atoms with E-state index in [-0.39, 0.29) is 0 Å². The third-order valence-electron chi connectivity index (χ3n) is 0.637. The van der Waals surface area contributed by atoms with E-state index < -0.39 is 0 Å². The summed E-state index contributed by atoms with van der Waals surface area (Å²) in [6, 6.07) is 0. The first-order chi connectivity index (χ1) is 4.16. The summed E-state index contributed by atoms with van der Waals surface area (Å²) in [4.78, 5) is 1.33. The number of halogens is 1. The topological polar surface area (TPSA) is 27.0 Å². The van der Waals surface area contributed by atoms with Gasteiger partial charge in [-0.05, 0) is 6.08 Å². The second-order valence-corrected chi connectivity index (χ2v) is 1.96. The van der Waals surface area contributed by atoms with Crippen LogP contribution in [0, 0.1) is 11.5 Å². The molecule has 2 nitrogen and oxygen atoms in total. The van der Waals surface area contributed by atoms with Crippen LogP contribution < -0.4 is 0 Å². The second kappa shape index (κ2) is 3.99. The molecule has 3 heteroatoms. The number of hydrogen-bond acceptors (Lipinski definition) is 2. The van der Waals surface area contributed by atoms with Gasteiger partial charge in [0.1, 0.15) is 0 Å². The predicted octanol–water partition coefficient (Wildman–Crippen LogP) is 1.67. The molecule has 0 spiro atoms. The van der Waals surface area contributed by atoms with Crippen molar-refractivity contribution in [3.05, 3.63) is 23.9 Å². The Kier molecular flexibility index (Phi) is 3.57. The van der Waals surface area contributed by atoms with Crippen molar-refractivity contribution >= 4 is 11.6 Å². The van der Waals surface area contributed by atoms with E-state index in [0.717, 1.165) is 0 Å². The van der Waals surface area contributed by atoms with Crippen LogP contribution in [0.15, 0.2) is 23.9 Å². The molecule has 0 aliphatic heterocycles. The zero-order valence-electron chi connectivity index (χ0n) is 5.13. The molecule has 0 aromatic heterocycles. The van der Waals surface area contributed by atoms with Crippen LogP contribution in [-0.4, -0.2) is 11.9 Å². The van der Waals surface area contributed by atoms with Gasteiger partial charge in [0.15, 0.2) is 6.19 Å². The van der Waals surface area contributed by atoms with Gasteiger partial charge in [0.25, 0.3) is 0 Å². The fourth-order valence-corrected chi connectivity index (χ4v) is 0.282. The van der Waals surface area contributed by atoms with E-state index in [1.807, 2.05) is 6.19 Å². The molecule has 0 radical (unpaired) electrons. The number of hydrogen-bond donors (Lipinski definition) is 0. The highest BCUT2D eigenvalue weighted by Gasteiger charge is 1.81. The Bertz CT molecular complexity index is 166. The SMILES string of the molecule is C=C(Cl)/C=C\N(C)C#N. The molecule has 0 rings (SSSR count). The van der Waals surface area contributed by atoms with Crippen molar-refractivity contribution in [1.29, 1.82) is 5.26 Å². The van der Waals surface area contributed by atoms with Gasteiger partial charge < -0.3 is 0 Å². The van der Waals surface area contributed by atoms with Gasteiger partial charge in [-0.1, -0.05) is 18.2 Å². The van der Waals surface area contributed by atoms with Crippen molar-refractivity contribution in [2.24, 2.45) is 0 Å². The van der Waals surface area contributed by atoms with E-state index in [2.05, 4.69) is 6.58 Å². The van der Waals surface area contributed by atoms with Crippen molar-refractivity contribution in [1.82, 2.24) is 4.90 Å². The first-order valence-corrected chi connectivity index (χ1v) is 2.70. The molecule has 9 heavy (non-hydrogen) atoms. The second-order valence-electron chi connectivity index (χ2n) is 1.47. The van der Waals surface area contributed by atoms with Gasteiger partial charge in [-0.3, -0.25) is 4.90 Å². The highest BCUT2D eigenvalue weighted by Crippen LogP contribution is 1.97. The van der Waals surface area contributed by atoms with Crippen molar-refractivity contribution in [3.8, 4) is 6.19 Å². The summed E-state index contributed by atoms with van der Waals surface area (Å²) in [5.41, 5.74) is 0. The minimum Gasteiger partial charge on any atom is -0.290 e. The fraction of sp³-hybridized carbons (Fsp3) is 0.167. The van der Waals surface area contributed by atoms with Gasteiger partial charge in [-0.15, -0.1) is 0 Å². The summed E-state index contributed by atoms with van der Waals surface area (Å²) in [7, 11) is 1.62. The quantitative estimate of drug-likeness (QED) is 0.333. The summed E-state index contributed by atoms with van der Waals surface area (Å²) in [6.45, 7) is 3.40. The van der Waals surface area contributed by atoms with Crippen LogP contribution in [0.25, 0.3) is 0 Å². The molecule has 0 bridgehead atoms. The Morgan fingerprint density at radius 1 is 1.89 bits per heavy atom. The zero-order chi connectivity index (χ0) is 7.28. The van der Waals surface area contributed by atoms with Crippen LogP contribution in [0.2, 0.25) is 0 Å². The van der Waals surface area contributed by atoms with Crippen molar-refractivity contribution in [2.45, 2.75) is 0 Å². The van der Waals surface area contributed by atoms with Gasteiger partial charge >= 0.3 is 0 Å². The van der Waals surface area contributed by atoms with E-state index in [0.29, 0.717) is 5.03 Å². The lowest BCUT2D eigenvalue weighted by Crippen LogP contribution is -1.98. The van der Waals surface area contributed by atoms with E-state index in [1.165, 1.54) is 11.1 Å². The average Bonchev–Trinajstić information content (AvgIpc) is 1.83. The summed E-state index contributed by atoms with van der Waals surface area (Å²) in [5.74, 6) is 0. The molecule has 0 heterocycles.